The minimum absolute atomic E-state index is 0.0914. The first-order valence-corrected chi connectivity index (χ1v) is 4.81. The summed E-state index contributed by atoms with van der Waals surface area (Å²) in [5.74, 6) is -0.564. The summed E-state index contributed by atoms with van der Waals surface area (Å²) in [5, 5.41) is 9.50. The van der Waals surface area contributed by atoms with Crippen LogP contribution in [0.4, 0.5) is 0 Å². The van der Waals surface area contributed by atoms with E-state index in [1.807, 2.05) is 13.8 Å². The van der Waals surface area contributed by atoms with Gasteiger partial charge in [0.2, 0.25) is 5.43 Å². The summed E-state index contributed by atoms with van der Waals surface area (Å²) in [6.45, 7) is 5.25. The number of aromatic hydroxyl groups is 1. The minimum Gasteiger partial charge on any atom is -0.504 e. The van der Waals surface area contributed by atoms with Crippen LogP contribution in [-0.4, -0.2) is 10.9 Å². The second-order valence-electron chi connectivity index (χ2n) is 3.82. The molecule has 0 heterocycles. The molecule has 0 aliphatic heterocycles. The highest BCUT2D eigenvalue weighted by Gasteiger charge is 2.10. The van der Waals surface area contributed by atoms with Gasteiger partial charge < -0.3 is 5.11 Å². The van der Waals surface area contributed by atoms with Crippen LogP contribution >= 0.6 is 0 Å². The van der Waals surface area contributed by atoms with Gasteiger partial charge in [-0.1, -0.05) is 19.9 Å². The van der Waals surface area contributed by atoms with Gasteiger partial charge in [-0.25, -0.2) is 0 Å². The van der Waals surface area contributed by atoms with Crippen molar-refractivity contribution in [1.29, 1.82) is 0 Å². The summed E-state index contributed by atoms with van der Waals surface area (Å²) in [4.78, 5) is 22.6. The van der Waals surface area contributed by atoms with Gasteiger partial charge >= 0.3 is 0 Å². The van der Waals surface area contributed by atoms with Crippen molar-refractivity contribution in [3.8, 4) is 5.75 Å². The maximum Gasteiger partial charge on any atom is 0.220 e. The Bertz CT molecular complexity index is 447. The molecule has 1 aromatic rings. The first-order chi connectivity index (χ1) is 6.93. The van der Waals surface area contributed by atoms with Crippen LogP contribution in [0.3, 0.4) is 0 Å². The molecule has 1 aromatic carbocycles. The maximum absolute atomic E-state index is 11.3. The average molecular weight is 206 g/mol. The summed E-state index contributed by atoms with van der Waals surface area (Å²) in [7, 11) is 0. The van der Waals surface area contributed by atoms with Crippen LogP contribution in [0.5, 0.6) is 5.75 Å². The molecule has 0 saturated carbocycles. The van der Waals surface area contributed by atoms with E-state index in [9.17, 15) is 14.7 Å². The lowest BCUT2D eigenvalue weighted by Gasteiger charge is -2.02. The lowest BCUT2D eigenvalue weighted by Crippen LogP contribution is -2.00. The van der Waals surface area contributed by atoms with E-state index in [1.54, 1.807) is 12.1 Å². The van der Waals surface area contributed by atoms with Gasteiger partial charge in [-0.3, -0.25) is 9.59 Å². The van der Waals surface area contributed by atoms with E-state index in [-0.39, 0.29) is 17.3 Å². The fourth-order valence-electron chi connectivity index (χ4n) is 1.29. The van der Waals surface area contributed by atoms with Crippen LogP contribution < -0.4 is 5.43 Å². The monoisotopic (exact) mass is 206 g/mol. The molecular weight excluding hydrogens is 192 g/mol. The third-order valence-corrected chi connectivity index (χ3v) is 2.27. The van der Waals surface area contributed by atoms with Crippen molar-refractivity contribution >= 4 is 5.78 Å². The zero-order valence-corrected chi connectivity index (χ0v) is 9.07. The fourth-order valence-corrected chi connectivity index (χ4v) is 1.29. The predicted molar refractivity (Wildman–Crippen MR) is 58.5 cm³/mol. The second kappa shape index (κ2) is 4.26. The Balaban J connectivity index is 3.57. The molecule has 0 spiro atoms. The van der Waals surface area contributed by atoms with Gasteiger partial charge in [-0.2, -0.15) is 0 Å². The SMILES string of the molecule is CC(=O)c1cc(C(C)C)ccc(=O)c1O. The molecule has 0 aromatic heterocycles. The number of rotatable bonds is 2. The molecular formula is C12H14O3. The zero-order chi connectivity index (χ0) is 11.6. The average Bonchev–Trinajstić information content (AvgIpc) is 2.28. The number of Topliss-reactive ketones (excluding diaryl/α,β-unsaturated/α-hetero) is 1. The molecule has 15 heavy (non-hydrogen) atoms. The van der Waals surface area contributed by atoms with E-state index >= 15 is 0 Å². The maximum atomic E-state index is 11.3. The Labute approximate surface area is 88.4 Å². The number of carbonyl (C=O) groups excluding carboxylic acids is 1. The first-order valence-electron chi connectivity index (χ1n) is 4.81. The molecule has 0 radical (unpaired) electrons. The quantitative estimate of drug-likeness (QED) is 0.754. The standard InChI is InChI=1S/C12H14O3/c1-7(2)9-4-5-11(14)12(15)10(6-9)8(3)13/h4-7H,1-3H3,(H,14,15). The van der Waals surface area contributed by atoms with Crippen LogP contribution in [0.15, 0.2) is 23.0 Å². The molecule has 3 heteroatoms. The summed E-state index contributed by atoms with van der Waals surface area (Å²) >= 11 is 0. The van der Waals surface area contributed by atoms with E-state index in [0.29, 0.717) is 0 Å². The summed E-state index contributed by atoms with van der Waals surface area (Å²) in [6, 6.07) is 4.50. The van der Waals surface area contributed by atoms with E-state index in [1.165, 1.54) is 13.0 Å². The van der Waals surface area contributed by atoms with Gasteiger partial charge in [0.1, 0.15) is 0 Å². The summed E-state index contributed by atoms with van der Waals surface area (Å²) < 4.78 is 0. The van der Waals surface area contributed by atoms with Gasteiger partial charge in [-0.05, 0) is 30.5 Å². The number of hydrogen-bond acceptors (Lipinski definition) is 3. The van der Waals surface area contributed by atoms with Crippen molar-refractivity contribution in [2.45, 2.75) is 26.7 Å². The molecule has 1 N–H and O–H groups in total. The van der Waals surface area contributed by atoms with E-state index in [2.05, 4.69) is 0 Å². The van der Waals surface area contributed by atoms with Crippen molar-refractivity contribution in [1.82, 2.24) is 0 Å². The van der Waals surface area contributed by atoms with Gasteiger partial charge in [0.15, 0.2) is 11.5 Å². The molecule has 1 rings (SSSR count). The Hall–Kier alpha value is -1.64. The Morgan fingerprint density at radius 1 is 1.33 bits per heavy atom. The lowest BCUT2D eigenvalue weighted by atomic mass is 10.0. The third-order valence-electron chi connectivity index (χ3n) is 2.27. The Morgan fingerprint density at radius 2 is 1.93 bits per heavy atom. The molecule has 80 valence electrons. The van der Waals surface area contributed by atoms with Crippen molar-refractivity contribution in [2.75, 3.05) is 0 Å². The van der Waals surface area contributed by atoms with Gasteiger partial charge in [0.25, 0.3) is 0 Å². The Kier molecular flexibility index (Phi) is 3.24. The largest absolute Gasteiger partial charge is 0.504 e. The molecule has 0 unspecified atom stereocenters. The topological polar surface area (TPSA) is 54.4 Å². The van der Waals surface area contributed by atoms with Gasteiger partial charge in [0, 0.05) is 0 Å². The number of ketones is 1. The van der Waals surface area contributed by atoms with Gasteiger partial charge in [-0.15, -0.1) is 0 Å². The first kappa shape index (κ1) is 11.4. The summed E-state index contributed by atoms with van der Waals surface area (Å²) in [6.07, 6.45) is 0. The molecule has 0 atom stereocenters. The van der Waals surface area contributed by atoms with Crippen molar-refractivity contribution in [2.24, 2.45) is 0 Å². The highest BCUT2D eigenvalue weighted by molar-refractivity contribution is 5.96. The highest BCUT2D eigenvalue weighted by Crippen LogP contribution is 2.18. The van der Waals surface area contributed by atoms with Crippen LogP contribution in [0.1, 0.15) is 42.6 Å². The lowest BCUT2D eigenvalue weighted by molar-refractivity contribution is 0.101. The van der Waals surface area contributed by atoms with Crippen molar-refractivity contribution in [3.63, 3.8) is 0 Å². The van der Waals surface area contributed by atoms with E-state index < -0.39 is 11.2 Å². The molecule has 0 aliphatic rings. The van der Waals surface area contributed by atoms with Crippen LogP contribution in [0.2, 0.25) is 0 Å². The van der Waals surface area contributed by atoms with Crippen LogP contribution in [0, 0.1) is 0 Å². The highest BCUT2D eigenvalue weighted by atomic mass is 16.3. The molecule has 0 amide bonds. The predicted octanol–water partition coefficient (Wildman–Crippen LogP) is 2.08. The fraction of sp³-hybridized carbons (Fsp3) is 0.333. The van der Waals surface area contributed by atoms with Crippen molar-refractivity contribution < 1.29 is 9.90 Å². The molecule has 0 fully saturated rings. The molecule has 0 aliphatic carbocycles. The van der Waals surface area contributed by atoms with Crippen LogP contribution in [-0.2, 0) is 0 Å². The minimum atomic E-state index is -0.521. The zero-order valence-electron chi connectivity index (χ0n) is 9.07. The van der Waals surface area contributed by atoms with E-state index in [4.69, 9.17) is 0 Å². The number of hydrogen-bond donors (Lipinski definition) is 1. The van der Waals surface area contributed by atoms with E-state index in [0.717, 1.165) is 5.56 Å². The second-order valence-corrected chi connectivity index (χ2v) is 3.82. The molecule has 3 nitrogen and oxygen atoms in total. The molecule has 0 bridgehead atoms. The van der Waals surface area contributed by atoms with Crippen LogP contribution in [0.25, 0.3) is 0 Å². The Morgan fingerprint density at radius 3 is 2.40 bits per heavy atom. The smallest absolute Gasteiger partial charge is 0.220 e. The third kappa shape index (κ3) is 2.43. The normalized spacial score (nSPS) is 10.4. The summed E-state index contributed by atoms with van der Waals surface area (Å²) in [5.41, 5.74) is 0.429. The molecule has 0 saturated heterocycles. The van der Waals surface area contributed by atoms with Crippen molar-refractivity contribution in [3.05, 3.63) is 39.5 Å². The number of carbonyl (C=O) groups is 1. The van der Waals surface area contributed by atoms with Gasteiger partial charge in [0.05, 0.1) is 5.56 Å².